The fourth-order valence-corrected chi connectivity index (χ4v) is 4.77. The molecule has 0 aliphatic carbocycles. The molecule has 1 unspecified atom stereocenters. The number of amidine groups is 1. The van der Waals surface area contributed by atoms with E-state index < -0.39 is 23.6 Å². The third-order valence-corrected chi connectivity index (χ3v) is 5.99. The molecule has 2 aromatic rings. The van der Waals surface area contributed by atoms with Crippen LogP contribution in [-0.4, -0.2) is 32.7 Å². The molecule has 4 rings (SSSR count). The Morgan fingerprint density at radius 2 is 1.79 bits per heavy atom. The van der Waals surface area contributed by atoms with Crippen molar-refractivity contribution in [2.24, 2.45) is 4.99 Å². The van der Waals surface area contributed by atoms with Crippen LogP contribution in [0.4, 0.5) is 0 Å². The van der Waals surface area contributed by atoms with E-state index in [1.54, 1.807) is 12.3 Å². The van der Waals surface area contributed by atoms with E-state index in [0.717, 1.165) is 5.56 Å². The summed E-state index contributed by atoms with van der Waals surface area (Å²) in [5, 5.41) is 11.9. The van der Waals surface area contributed by atoms with Gasteiger partial charge in [-0.25, -0.2) is 9.79 Å². The zero-order valence-corrected chi connectivity index (χ0v) is 20.3. The van der Waals surface area contributed by atoms with Crippen molar-refractivity contribution in [2.75, 3.05) is 0 Å². The minimum Gasteiger partial charge on any atom is -0.481 e. The van der Waals surface area contributed by atoms with Gasteiger partial charge in [0.2, 0.25) is 0 Å². The van der Waals surface area contributed by atoms with E-state index in [0.29, 0.717) is 33.6 Å². The van der Waals surface area contributed by atoms with Gasteiger partial charge in [-0.05, 0) is 62.9 Å². The van der Waals surface area contributed by atoms with Crippen LogP contribution in [0.2, 0.25) is 0 Å². The summed E-state index contributed by atoms with van der Waals surface area (Å²) in [4.78, 5) is 31.3. The van der Waals surface area contributed by atoms with Crippen molar-refractivity contribution in [2.45, 2.75) is 45.8 Å². The van der Waals surface area contributed by atoms with E-state index in [1.165, 1.54) is 11.8 Å². The molecular weight excluding hydrogens is 452 g/mol. The van der Waals surface area contributed by atoms with Crippen molar-refractivity contribution < 1.29 is 24.2 Å². The number of carboxylic acids is 1. The Balaban J connectivity index is 1.79. The van der Waals surface area contributed by atoms with Gasteiger partial charge in [0.1, 0.15) is 17.1 Å². The largest absolute Gasteiger partial charge is 0.481 e. The van der Waals surface area contributed by atoms with Gasteiger partial charge in [-0.3, -0.25) is 4.79 Å². The monoisotopic (exact) mass is 478 g/mol. The van der Waals surface area contributed by atoms with Crippen LogP contribution in [0.25, 0.3) is 0 Å². The molecule has 0 bridgehead atoms. The number of benzene rings is 2. The van der Waals surface area contributed by atoms with Gasteiger partial charge in [-0.15, -0.1) is 0 Å². The van der Waals surface area contributed by atoms with Gasteiger partial charge in [0.05, 0.1) is 23.7 Å². The number of aliphatic imine (C=N–C) groups is 1. The quantitative estimate of drug-likeness (QED) is 0.520. The first-order valence-corrected chi connectivity index (χ1v) is 11.7. The molecule has 2 aliphatic heterocycles. The second-order valence-electron chi connectivity index (χ2n) is 8.95. The summed E-state index contributed by atoms with van der Waals surface area (Å²) in [5.74, 6) is -0.158. The number of hydrogen-bond donors (Lipinski definition) is 1. The lowest BCUT2D eigenvalue weighted by Crippen LogP contribution is -2.38. The number of para-hydroxylation sites is 1. The number of hydrogen-bond acceptors (Lipinski definition) is 7. The molecule has 7 nitrogen and oxygen atoms in total. The molecule has 0 saturated carbocycles. The van der Waals surface area contributed by atoms with Crippen LogP contribution in [-0.2, 0) is 14.3 Å². The SMILES string of the molecule is CC1=C(C(=O)OC(C)(C)C)C(c2cccc(Oc3ccccc3)c2)N2C(CC(=O)O)=CSC2=N1. The Bertz CT molecular complexity index is 1210. The zero-order valence-electron chi connectivity index (χ0n) is 19.4. The second kappa shape index (κ2) is 9.38. The molecule has 2 aromatic carbocycles. The number of fused-ring (bicyclic) bond motifs is 1. The molecule has 176 valence electrons. The van der Waals surface area contributed by atoms with E-state index in [4.69, 9.17) is 9.47 Å². The first kappa shape index (κ1) is 23.6. The summed E-state index contributed by atoms with van der Waals surface area (Å²) in [7, 11) is 0. The topological polar surface area (TPSA) is 88.4 Å². The van der Waals surface area contributed by atoms with Crippen LogP contribution < -0.4 is 4.74 Å². The highest BCUT2D eigenvalue weighted by Crippen LogP contribution is 2.45. The van der Waals surface area contributed by atoms with E-state index >= 15 is 0 Å². The number of ether oxygens (including phenoxy) is 2. The van der Waals surface area contributed by atoms with Gasteiger partial charge in [-0.2, -0.15) is 0 Å². The van der Waals surface area contributed by atoms with Crippen LogP contribution >= 0.6 is 11.8 Å². The fraction of sp³-hybridized carbons (Fsp3) is 0.269. The average molecular weight is 479 g/mol. The van der Waals surface area contributed by atoms with Crippen molar-refractivity contribution in [3.8, 4) is 11.5 Å². The molecule has 0 radical (unpaired) electrons. The normalized spacial score (nSPS) is 17.6. The van der Waals surface area contributed by atoms with Crippen molar-refractivity contribution in [1.29, 1.82) is 0 Å². The third kappa shape index (κ3) is 5.17. The first-order chi connectivity index (χ1) is 16.1. The summed E-state index contributed by atoms with van der Waals surface area (Å²) >= 11 is 1.35. The number of thioether (sulfide) groups is 1. The molecule has 2 aliphatic rings. The lowest BCUT2D eigenvalue weighted by atomic mass is 9.93. The van der Waals surface area contributed by atoms with Gasteiger partial charge in [0.25, 0.3) is 0 Å². The molecule has 8 heteroatoms. The predicted octanol–water partition coefficient (Wildman–Crippen LogP) is 5.87. The smallest absolute Gasteiger partial charge is 0.338 e. The molecule has 1 atom stereocenters. The molecule has 0 saturated heterocycles. The van der Waals surface area contributed by atoms with E-state index in [1.807, 2.05) is 80.3 Å². The van der Waals surface area contributed by atoms with E-state index in [9.17, 15) is 14.7 Å². The maximum Gasteiger partial charge on any atom is 0.338 e. The van der Waals surface area contributed by atoms with Gasteiger partial charge >= 0.3 is 11.9 Å². The Labute approximate surface area is 202 Å². The highest BCUT2D eigenvalue weighted by atomic mass is 32.2. The average Bonchev–Trinajstić information content (AvgIpc) is 3.13. The molecule has 34 heavy (non-hydrogen) atoms. The number of carboxylic acid groups (broad SMARTS) is 1. The number of esters is 1. The second-order valence-corrected chi connectivity index (χ2v) is 9.79. The lowest BCUT2D eigenvalue weighted by molar-refractivity contribution is -0.150. The maximum absolute atomic E-state index is 13.4. The molecule has 0 fully saturated rings. The summed E-state index contributed by atoms with van der Waals surface area (Å²) < 4.78 is 11.7. The first-order valence-electron chi connectivity index (χ1n) is 10.8. The van der Waals surface area contributed by atoms with E-state index in [-0.39, 0.29) is 6.42 Å². The Hall–Kier alpha value is -3.52. The number of carbonyl (C=O) groups excluding carboxylic acids is 1. The highest BCUT2D eigenvalue weighted by molar-refractivity contribution is 8.16. The zero-order chi connectivity index (χ0) is 24.5. The number of nitrogens with zero attached hydrogens (tertiary/aromatic N) is 2. The van der Waals surface area contributed by atoms with Crippen LogP contribution in [0, 0.1) is 0 Å². The summed E-state index contributed by atoms with van der Waals surface area (Å²) in [6.07, 6.45) is -0.191. The minimum absolute atomic E-state index is 0.191. The van der Waals surface area contributed by atoms with Crippen molar-refractivity contribution >= 4 is 28.9 Å². The maximum atomic E-state index is 13.4. The number of carbonyl (C=O) groups is 2. The summed E-state index contributed by atoms with van der Waals surface area (Å²) in [6, 6.07) is 16.2. The molecule has 0 aromatic heterocycles. The Kier molecular flexibility index (Phi) is 6.52. The number of rotatable bonds is 6. The lowest BCUT2D eigenvalue weighted by Gasteiger charge is -2.37. The predicted molar refractivity (Wildman–Crippen MR) is 131 cm³/mol. The standard InChI is InChI=1S/C26H26N2O5S/c1-16-22(24(31)33-26(2,3)4)23(28-18(14-21(29)30)15-34-25(28)27-16)17-9-8-12-20(13-17)32-19-10-6-5-7-11-19/h5-13,15,23H,14H2,1-4H3,(H,29,30). The summed E-state index contributed by atoms with van der Waals surface area (Å²) in [6.45, 7) is 7.20. The molecule has 1 N–H and O–H groups in total. The van der Waals surface area contributed by atoms with Crippen molar-refractivity contribution in [3.63, 3.8) is 0 Å². The van der Waals surface area contributed by atoms with Crippen molar-refractivity contribution in [3.05, 3.63) is 82.5 Å². The van der Waals surface area contributed by atoms with Crippen LogP contribution in [0.1, 0.15) is 45.7 Å². The van der Waals surface area contributed by atoms with Crippen LogP contribution in [0.5, 0.6) is 11.5 Å². The third-order valence-electron chi connectivity index (χ3n) is 5.10. The highest BCUT2D eigenvalue weighted by Gasteiger charge is 2.42. The van der Waals surface area contributed by atoms with Crippen LogP contribution in [0.3, 0.4) is 0 Å². The van der Waals surface area contributed by atoms with Gasteiger partial charge in [0, 0.05) is 5.70 Å². The van der Waals surface area contributed by atoms with Gasteiger partial charge in [0.15, 0.2) is 5.17 Å². The molecule has 2 heterocycles. The number of aliphatic carboxylic acids is 1. The minimum atomic E-state index is -0.960. The number of allylic oxidation sites excluding steroid dienone is 1. The Morgan fingerprint density at radius 3 is 2.47 bits per heavy atom. The fourth-order valence-electron chi connectivity index (χ4n) is 3.81. The van der Waals surface area contributed by atoms with E-state index in [2.05, 4.69) is 4.99 Å². The van der Waals surface area contributed by atoms with Gasteiger partial charge in [-0.1, -0.05) is 42.1 Å². The summed E-state index contributed by atoms with van der Waals surface area (Å²) in [5.41, 5.74) is 1.53. The van der Waals surface area contributed by atoms with Gasteiger partial charge < -0.3 is 19.5 Å². The molecular formula is C26H26N2O5S. The van der Waals surface area contributed by atoms with Crippen molar-refractivity contribution in [1.82, 2.24) is 4.90 Å². The molecule has 0 spiro atoms. The molecule has 0 amide bonds. The Morgan fingerprint density at radius 1 is 1.09 bits per heavy atom. The van der Waals surface area contributed by atoms with Crippen LogP contribution in [0.15, 0.2) is 82.0 Å².